The predicted molar refractivity (Wildman–Crippen MR) is 132 cm³/mol. The zero-order chi connectivity index (χ0) is 23.7. The molecule has 168 valence electrons. The lowest BCUT2D eigenvalue weighted by Gasteiger charge is -2.12. The van der Waals surface area contributed by atoms with Crippen molar-refractivity contribution in [2.45, 2.75) is 13.1 Å². The summed E-state index contributed by atoms with van der Waals surface area (Å²) >= 11 is 0.907. The van der Waals surface area contributed by atoms with Crippen LogP contribution < -0.4 is 0 Å². The third-order valence-corrected chi connectivity index (χ3v) is 6.57. The molecule has 1 saturated heterocycles. The molecule has 0 bridgehead atoms. The lowest BCUT2D eigenvalue weighted by atomic mass is 10.1. The molecule has 0 radical (unpaired) electrons. The number of nitrogens with zero attached hydrogens (tertiary/aromatic N) is 3. The van der Waals surface area contributed by atoms with Gasteiger partial charge < -0.3 is 4.57 Å². The molecule has 8 heteroatoms. The van der Waals surface area contributed by atoms with E-state index in [2.05, 4.69) is 16.7 Å². The van der Waals surface area contributed by atoms with Crippen molar-refractivity contribution in [1.29, 1.82) is 0 Å². The highest BCUT2D eigenvalue weighted by Gasteiger charge is 2.35. The zero-order valence-corrected chi connectivity index (χ0v) is 18.8. The second-order valence-electron chi connectivity index (χ2n) is 7.91. The van der Waals surface area contributed by atoms with E-state index < -0.39 is 4.92 Å². The normalized spacial score (nSPS) is 14.9. The van der Waals surface area contributed by atoms with Crippen LogP contribution >= 0.6 is 11.8 Å². The summed E-state index contributed by atoms with van der Waals surface area (Å²) in [5, 5.41) is 11.5. The van der Waals surface area contributed by atoms with Gasteiger partial charge in [-0.2, -0.15) is 0 Å². The summed E-state index contributed by atoms with van der Waals surface area (Å²) in [5.74, 6) is -0.367. The number of non-ortho nitro benzene ring substituents is 1. The van der Waals surface area contributed by atoms with E-state index in [0.717, 1.165) is 28.2 Å². The molecule has 0 unspecified atom stereocenters. The van der Waals surface area contributed by atoms with E-state index >= 15 is 0 Å². The molecule has 0 spiro atoms. The van der Waals surface area contributed by atoms with Crippen molar-refractivity contribution in [3.8, 4) is 0 Å². The van der Waals surface area contributed by atoms with Crippen LogP contribution in [0, 0.1) is 10.1 Å². The largest absolute Gasteiger partial charge is 0.342 e. The Bertz CT molecular complexity index is 1440. The van der Waals surface area contributed by atoms with Gasteiger partial charge in [-0.25, -0.2) is 0 Å². The molecule has 4 aromatic rings. The molecule has 0 atom stereocenters. The number of rotatable bonds is 6. The minimum atomic E-state index is -0.485. The number of carbonyl (C=O) groups is 2. The Balaban J connectivity index is 1.42. The van der Waals surface area contributed by atoms with Crippen LogP contribution in [0.3, 0.4) is 0 Å². The highest BCUT2D eigenvalue weighted by atomic mass is 32.2. The van der Waals surface area contributed by atoms with Gasteiger partial charge >= 0.3 is 0 Å². The smallest absolute Gasteiger partial charge is 0.293 e. The van der Waals surface area contributed by atoms with Gasteiger partial charge in [0.25, 0.3) is 16.8 Å². The number of nitro groups is 1. The van der Waals surface area contributed by atoms with Gasteiger partial charge in [0.05, 0.1) is 16.4 Å². The number of hydrogen-bond donors (Lipinski definition) is 0. The minimum Gasteiger partial charge on any atom is -0.342 e. The molecule has 3 aromatic carbocycles. The average molecular weight is 470 g/mol. The fraction of sp³-hybridized carbons (Fsp3) is 0.0769. The van der Waals surface area contributed by atoms with Gasteiger partial charge in [-0.1, -0.05) is 60.7 Å². The van der Waals surface area contributed by atoms with Gasteiger partial charge in [0.1, 0.15) is 0 Å². The predicted octanol–water partition coefficient (Wildman–Crippen LogP) is 5.83. The number of para-hydroxylation sites is 1. The maximum absolute atomic E-state index is 13.0. The maximum atomic E-state index is 13.0. The summed E-state index contributed by atoms with van der Waals surface area (Å²) in [4.78, 5) is 37.5. The van der Waals surface area contributed by atoms with Crippen LogP contribution in [0.1, 0.15) is 16.7 Å². The van der Waals surface area contributed by atoms with Crippen molar-refractivity contribution in [3.05, 3.63) is 117 Å². The molecule has 1 aromatic heterocycles. The summed E-state index contributed by atoms with van der Waals surface area (Å²) < 4.78 is 2.14. The topological polar surface area (TPSA) is 85.5 Å². The number of benzene rings is 3. The summed E-state index contributed by atoms with van der Waals surface area (Å²) in [7, 11) is 0. The van der Waals surface area contributed by atoms with Crippen molar-refractivity contribution >= 4 is 45.6 Å². The standard InChI is InChI=1S/C26H19N3O4S/c30-25-24(34-26(31)28(25)16-19-10-12-21(13-11-19)29(32)33)14-20-17-27(15-18-6-2-1-3-7-18)23-9-5-4-8-22(20)23/h1-14,17H,15-16H2/b24-14-. The number of aromatic nitrogens is 1. The highest BCUT2D eigenvalue weighted by molar-refractivity contribution is 8.18. The van der Waals surface area contributed by atoms with Crippen LogP contribution in [0.15, 0.2) is 90.0 Å². The van der Waals surface area contributed by atoms with Crippen LogP contribution in [0.5, 0.6) is 0 Å². The molecule has 1 aliphatic rings. The van der Waals surface area contributed by atoms with Gasteiger partial charge in [0, 0.05) is 41.3 Å². The molecular weight excluding hydrogens is 450 g/mol. The first-order chi connectivity index (χ1) is 16.5. The first-order valence-electron chi connectivity index (χ1n) is 10.6. The lowest BCUT2D eigenvalue weighted by molar-refractivity contribution is -0.384. The number of carbonyl (C=O) groups excluding carboxylic acids is 2. The molecule has 2 amide bonds. The number of fused-ring (bicyclic) bond motifs is 1. The van der Waals surface area contributed by atoms with Crippen LogP contribution in [0.25, 0.3) is 17.0 Å². The van der Waals surface area contributed by atoms with Gasteiger partial charge in [-0.15, -0.1) is 0 Å². The van der Waals surface area contributed by atoms with Crippen molar-refractivity contribution in [3.63, 3.8) is 0 Å². The molecule has 5 rings (SSSR count). The van der Waals surface area contributed by atoms with E-state index in [-0.39, 0.29) is 23.4 Å². The molecule has 1 fully saturated rings. The Labute approximate surface area is 199 Å². The van der Waals surface area contributed by atoms with Crippen LogP contribution in [0.4, 0.5) is 10.5 Å². The van der Waals surface area contributed by atoms with Crippen molar-refractivity contribution in [1.82, 2.24) is 9.47 Å². The summed E-state index contributed by atoms with van der Waals surface area (Å²) in [5.41, 5.74) is 3.69. The fourth-order valence-corrected chi connectivity index (χ4v) is 4.81. The van der Waals surface area contributed by atoms with Gasteiger partial charge in [0.15, 0.2) is 0 Å². The van der Waals surface area contributed by atoms with Crippen molar-refractivity contribution in [2.75, 3.05) is 0 Å². The SMILES string of the molecule is O=C1S/C(=C\c2cn(Cc3ccccc3)c3ccccc23)C(=O)N1Cc1ccc([N+](=O)[O-])cc1. The Hall–Kier alpha value is -4.17. The third kappa shape index (κ3) is 4.23. The third-order valence-electron chi connectivity index (χ3n) is 5.66. The van der Waals surface area contributed by atoms with E-state index in [1.54, 1.807) is 18.2 Å². The lowest BCUT2D eigenvalue weighted by Crippen LogP contribution is -2.27. The zero-order valence-electron chi connectivity index (χ0n) is 18.0. The molecule has 0 aliphatic carbocycles. The van der Waals surface area contributed by atoms with Crippen LogP contribution in [-0.2, 0) is 17.9 Å². The van der Waals surface area contributed by atoms with E-state index in [4.69, 9.17) is 0 Å². The Morgan fingerprint density at radius 3 is 2.26 bits per heavy atom. The molecule has 34 heavy (non-hydrogen) atoms. The molecular formula is C26H19N3O4S. The molecule has 7 nitrogen and oxygen atoms in total. The van der Waals surface area contributed by atoms with E-state index in [0.29, 0.717) is 17.0 Å². The summed E-state index contributed by atoms with van der Waals surface area (Å²) in [6.45, 7) is 0.757. The van der Waals surface area contributed by atoms with Crippen molar-refractivity contribution in [2.24, 2.45) is 0 Å². The van der Waals surface area contributed by atoms with Crippen molar-refractivity contribution < 1.29 is 14.5 Å². The summed E-state index contributed by atoms with van der Waals surface area (Å²) in [6.07, 6.45) is 3.77. The highest BCUT2D eigenvalue weighted by Crippen LogP contribution is 2.35. The van der Waals surface area contributed by atoms with Crippen LogP contribution in [-0.4, -0.2) is 25.5 Å². The average Bonchev–Trinajstić information content (AvgIpc) is 3.32. The maximum Gasteiger partial charge on any atom is 0.293 e. The first-order valence-corrected chi connectivity index (χ1v) is 11.4. The number of nitro benzene ring substituents is 1. The number of amides is 2. The molecule has 2 heterocycles. The minimum absolute atomic E-state index is 0.0373. The number of imide groups is 1. The molecule has 1 aliphatic heterocycles. The second-order valence-corrected chi connectivity index (χ2v) is 8.90. The number of hydrogen-bond acceptors (Lipinski definition) is 5. The Morgan fingerprint density at radius 1 is 0.853 bits per heavy atom. The van der Waals surface area contributed by atoms with E-state index in [1.807, 2.05) is 48.7 Å². The summed E-state index contributed by atoms with van der Waals surface area (Å²) in [6, 6.07) is 23.9. The second kappa shape index (κ2) is 8.99. The Morgan fingerprint density at radius 2 is 1.53 bits per heavy atom. The van der Waals surface area contributed by atoms with E-state index in [1.165, 1.54) is 22.6 Å². The Kier molecular flexibility index (Phi) is 5.73. The fourth-order valence-electron chi connectivity index (χ4n) is 3.98. The van der Waals surface area contributed by atoms with Gasteiger partial charge in [-0.3, -0.25) is 24.6 Å². The van der Waals surface area contributed by atoms with E-state index in [9.17, 15) is 19.7 Å². The van der Waals surface area contributed by atoms with Gasteiger partial charge in [0.2, 0.25) is 0 Å². The number of thioether (sulfide) groups is 1. The first kappa shape index (κ1) is 21.7. The molecule has 0 N–H and O–H groups in total. The monoisotopic (exact) mass is 469 g/mol. The quantitative estimate of drug-likeness (QED) is 0.201. The van der Waals surface area contributed by atoms with Crippen LogP contribution in [0.2, 0.25) is 0 Å². The van der Waals surface area contributed by atoms with Gasteiger partial charge in [-0.05, 0) is 35.0 Å². The molecule has 0 saturated carbocycles.